The molecule has 1 rings (SSSR count). The fourth-order valence-corrected chi connectivity index (χ4v) is 1.93. The standard InChI is InChI=1S/C11H16O2/c1-8(10(12)13)7-11(3)6-4-5-9(11)2/h1-2,4-7H2,3H3,(H,12,13). The summed E-state index contributed by atoms with van der Waals surface area (Å²) in [5, 5.41) is 8.71. The van der Waals surface area contributed by atoms with Crippen molar-refractivity contribution in [2.75, 3.05) is 0 Å². The van der Waals surface area contributed by atoms with Crippen LogP contribution in [0.5, 0.6) is 0 Å². The number of hydrogen-bond donors (Lipinski definition) is 1. The molecular weight excluding hydrogens is 164 g/mol. The summed E-state index contributed by atoms with van der Waals surface area (Å²) in [6.07, 6.45) is 3.74. The molecule has 13 heavy (non-hydrogen) atoms. The van der Waals surface area contributed by atoms with Crippen molar-refractivity contribution < 1.29 is 9.90 Å². The van der Waals surface area contributed by atoms with Crippen molar-refractivity contribution in [3.05, 3.63) is 24.3 Å². The summed E-state index contributed by atoms with van der Waals surface area (Å²) < 4.78 is 0. The third-order valence-corrected chi connectivity index (χ3v) is 2.97. The molecule has 1 atom stereocenters. The van der Waals surface area contributed by atoms with Crippen LogP contribution in [0.25, 0.3) is 0 Å². The first-order valence-corrected chi connectivity index (χ1v) is 4.55. The molecule has 0 spiro atoms. The number of hydrogen-bond acceptors (Lipinski definition) is 1. The van der Waals surface area contributed by atoms with Gasteiger partial charge in [-0.15, -0.1) is 0 Å². The van der Waals surface area contributed by atoms with E-state index in [0.29, 0.717) is 12.0 Å². The second kappa shape index (κ2) is 3.36. The minimum absolute atomic E-state index is 0.0184. The molecule has 0 heterocycles. The molecule has 2 nitrogen and oxygen atoms in total. The number of carboxylic acid groups (broad SMARTS) is 1. The van der Waals surface area contributed by atoms with Crippen molar-refractivity contribution in [3.8, 4) is 0 Å². The maximum absolute atomic E-state index is 10.6. The Morgan fingerprint density at radius 3 is 2.69 bits per heavy atom. The number of carbonyl (C=O) groups is 1. The van der Waals surface area contributed by atoms with E-state index in [9.17, 15) is 4.79 Å². The summed E-state index contributed by atoms with van der Waals surface area (Å²) in [4.78, 5) is 10.6. The van der Waals surface area contributed by atoms with Crippen LogP contribution in [0.1, 0.15) is 32.6 Å². The van der Waals surface area contributed by atoms with Crippen molar-refractivity contribution in [2.45, 2.75) is 32.6 Å². The van der Waals surface area contributed by atoms with Crippen LogP contribution >= 0.6 is 0 Å². The third-order valence-electron chi connectivity index (χ3n) is 2.97. The molecule has 0 aromatic carbocycles. The average molecular weight is 180 g/mol. The first kappa shape index (κ1) is 10.0. The molecule has 0 aliphatic heterocycles. The van der Waals surface area contributed by atoms with Gasteiger partial charge in [0.05, 0.1) is 0 Å². The number of rotatable bonds is 3. The van der Waals surface area contributed by atoms with Crippen molar-refractivity contribution in [2.24, 2.45) is 5.41 Å². The maximum atomic E-state index is 10.6. The highest BCUT2D eigenvalue weighted by Crippen LogP contribution is 2.45. The molecule has 0 radical (unpaired) electrons. The summed E-state index contributed by atoms with van der Waals surface area (Å²) in [6, 6.07) is 0. The normalized spacial score (nSPS) is 27.6. The Labute approximate surface area is 79.0 Å². The lowest BCUT2D eigenvalue weighted by Crippen LogP contribution is -2.16. The molecule has 0 aromatic rings. The van der Waals surface area contributed by atoms with Gasteiger partial charge in [-0.3, -0.25) is 0 Å². The van der Waals surface area contributed by atoms with Crippen LogP contribution in [0.15, 0.2) is 24.3 Å². The SMILES string of the molecule is C=C(CC1(C)CCCC1=C)C(=O)O. The van der Waals surface area contributed by atoms with E-state index >= 15 is 0 Å². The molecule has 1 aliphatic rings. The first-order valence-electron chi connectivity index (χ1n) is 4.55. The molecule has 0 aromatic heterocycles. The van der Waals surface area contributed by atoms with E-state index in [4.69, 9.17) is 5.11 Å². The zero-order valence-electron chi connectivity index (χ0n) is 8.10. The highest BCUT2D eigenvalue weighted by atomic mass is 16.4. The Kier molecular flexibility index (Phi) is 2.60. The molecule has 1 saturated carbocycles. The van der Waals surface area contributed by atoms with E-state index in [1.807, 2.05) is 0 Å². The summed E-state index contributed by atoms with van der Waals surface area (Å²) in [5.74, 6) is -0.888. The zero-order valence-corrected chi connectivity index (χ0v) is 8.10. The van der Waals surface area contributed by atoms with E-state index in [2.05, 4.69) is 20.1 Å². The van der Waals surface area contributed by atoms with Gasteiger partial charge in [0.25, 0.3) is 0 Å². The van der Waals surface area contributed by atoms with E-state index in [1.165, 1.54) is 5.57 Å². The van der Waals surface area contributed by atoms with Crippen molar-refractivity contribution in [1.29, 1.82) is 0 Å². The Balaban J connectivity index is 2.67. The largest absolute Gasteiger partial charge is 0.478 e. The van der Waals surface area contributed by atoms with Crippen molar-refractivity contribution in [3.63, 3.8) is 0 Å². The molecule has 0 saturated heterocycles. The quantitative estimate of drug-likeness (QED) is 0.535. The number of carboxylic acids is 1. The molecular formula is C11H16O2. The maximum Gasteiger partial charge on any atom is 0.330 e. The van der Waals surface area contributed by atoms with Gasteiger partial charge < -0.3 is 5.11 Å². The van der Waals surface area contributed by atoms with Crippen LogP contribution in [-0.4, -0.2) is 11.1 Å². The lowest BCUT2D eigenvalue weighted by molar-refractivity contribution is -0.133. The number of aliphatic carboxylic acids is 1. The fourth-order valence-electron chi connectivity index (χ4n) is 1.93. The van der Waals surface area contributed by atoms with Crippen LogP contribution in [0, 0.1) is 5.41 Å². The Bertz CT molecular complexity index is 265. The highest BCUT2D eigenvalue weighted by Gasteiger charge is 2.33. The Morgan fingerprint density at radius 2 is 2.31 bits per heavy atom. The van der Waals surface area contributed by atoms with Gasteiger partial charge in [0.2, 0.25) is 0 Å². The summed E-state index contributed by atoms with van der Waals surface area (Å²) in [7, 11) is 0. The molecule has 1 fully saturated rings. The molecule has 72 valence electrons. The zero-order chi connectivity index (χ0) is 10.1. The summed E-state index contributed by atoms with van der Waals surface area (Å²) in [6.45, 7) is 9.62. The lowest BCUT2D eigenvalue weighted by Gasteiger charge is -2.25. The minimum Gasteiger partial charge on any atom is -0.478 e. The van der Waals surface area contributed by atoms with Gasteiger partial charge in [-0.05, 0) is 31.1 Å². The van der Waals surface area contributed by atoms with Crippen LogP contribution in [0.4, 0.5) is 0 Å². The van der Waals surface area contributed by atoms with Gasteiger partial charge in [0.1, 0.15) is 0 Å². The monoisotopic (exact) mass is 180 g/mol. The molecule has 0 bridgehead atoms. The minimum atomic E-state index is -0.888. The van der Waals surface area contributed by atoms with Gasteiger partial charge in [-0.25, -0.2) is 4.79 Å². The molecule has 1 unspecified atom stereocenters. The molecule has 0 amide bonds. The van der Waals surface area contributed by atoms with Crippen LogP contribution in [-0.2, 0) is 4.79 Å². The van der Waals surface area contributed by atoms with Crippen LogP contribution < -0.4 is 0 Å². The van der Waals surface area contributed by atoms with Gasteiger partial charge in [0.15, 0.2) is 0 Å². The van der Waals surface area contributed by atoms with E-state index in [0.717, 1.165) is 19.3 Å². The lowest BCUT2D eigenvalue weighted by atomic mass is 9.79. The van der Waals surface area contributed by atoms with E-state index < -0.39 is 5.97 Å². The van der Waals surface area contributed by atoms with Gasteiger partial charge >= 0.3 is 5.97 Å². The van der Waals surface area contributed by atoms with Crippen LogP contribution in [0.2, 0.25) is 0 Å². The predicted octanol–water partition coefficient (Wildman–Crippen LogP) is 2.76. The summed E-state index contributed by atoms with van der Waals surface area (Å²) >= 11 is 0. The van der Waals surface area contributed by atoms with Gasteiger partial charge in [-0.1, -0.05) is 25.7 Å². The van der Waals surface area contributed by atoms with Gasteiger partial charge in [0, 0.05) is 5.57 Å². The smallest absolute Gasteiger partial charge is 0.330 e. The Hall–Kier alpha value is -1.05. The number of allylic oxidation sites excluding steroid dienone is 1. The predicted molar refractivity (Wildman–Crippen MR) is 52.5 cm³/mol. The fraction of sp³-hybridized carbons (Fsp3) is 0.545. The average Bonchev–Trinajstić information content (AvgIpc) is 2.32. The van der Waals surface area contributed by atoms with E-state index in [1.54, 1.807) is 0 Å². The van der Waals surface area contributed by atoms with Crippen molar-refractivity contribution in [1.82, 2.24) is 0 Å². The van der Waals surface area contributed by atoms with Crippen LogP contribution in [0.3, 0.4) is 0 Å². The first-order chi connectivity index (χ1) is 5.96. The second-order valence-electron chi connectivity index (χ2n) is 4.10. The second-order valence-corrected chi connectivity index (χ2v) is 4.10. The molecule has 1 aliphatic carbocycles. The Morgan fingerprint density at radius 1 is 1.69 bits per heavy atom. The topological polar surface area (TPSA) is 37.3 Å². The highest BCUT2D eigenvalue weighted by molar-refractivity contribution is 5.85. The molecule has 2 heteroatoms. The van der Waals surface area contributed by atoms with Crippen molar-refractivity contribution >= 4 is 5.97 Å². The molecule has 1 N–H and O–H groups in total. The summed E-state index contributed by atoms with van der Waals surface area (Å²) in [5.41, 5.74) is 1.45. The third kappa shape index (κ3) is 2.00. The van der Waals surface area contributed by atoms with Gasteiger partial charge in [-0.2, -0.15) is 0 Å². The van der Waals surface area contributed by atoms with E-state index in [-0.39, 0.29) is 5.41 Å².